The number of rotatable bonds is 3. The Kier molecular flexibility index (Phi) is 3.55. The van der Waals surface area contributed by atoms with E-state index in [0.29, 0.717) is 23.2 Å². The van der Waals surface area contributed by atoms with Gasteiger partial charge in [0.05, 0.1) is 5.75 Å². The molecule has 2 heterocycles. The van der Waals surface area contributed by atoms with E-state index in [1.807, 2.05) is 12.1 Å². The van der Waals surface area contributed by atoms with Gasteiger partial charge in [0.15, 0.2) is 5.17 Å². The topological polar surface area (TPSA) is 116 Å². The van der Waals surface area contributed by atoms with Crippen LogP contribution in [0.1, 0.15) is 5.89 Å². The van der Waals surface area contributed by atoms with Gasteiger partial charge in [-0.1, -0.05) is 23.0 Å². The number of nitrogens with zero attached hydrogens (tertiary/aromatic N) is 4. The fourth-order valence-electron chi connectivity index (χ4n) is 1.09. The van der Waals surface area contributed by atoms with E-state index >= 15 is 0 Å². The van der Waals surface area contributed by atoms with Crippen LogP contribution in [0.4, 0.5) is 0 Å². The van der Waals surface area contributed by atoms with E-state index < -0.39 is 0 Å². The summed E-state index contributed by atoms with van der Waals surface area (Å²) in [4.78, 5) is 8.29. The first-order valence-electron chi connectivity index (χ1n) is 4.69. The predicted octanol–water partition coefficient (Wildman–Crippen LogP) is 0.553. The third kappa shape index (κ3) is 2.94. The van der Waals surface area contributed by atoms with Crippen molar-refractivity contribution in [3.8, 4) is 11.5 Å². The number of nitrogens with two attached hydrogens (primary N) is 2. The van der Waals surface area contributed by atoms with Crippen molar-refractivity contribution in [3.05, 3.63) is 30.3 Å². The quantitative estimate of drug-likeness (QED) is 0.353. The highest BCUT2D eigenvalue weighted by Gasteiger charge is 2.09. The molecule has 17 heavy (non-hydrogen) atoms. The standard InChI is InChI=1S/C9H10N6OS/c10-9(14-11)17-5-7-13-8(15-16-7)6-3-1-2-4-12-6/h1-4H,5,11H2,(H2,10,14). The zero-order valence-electron chi connectivity index (χ0n) is 8.78. The molecule has 0 spiro atoms. The molecule has 0 saturated carbocycles. The molecule has 2 aromatic rings. The Morgan fingerprint density at radius 3 is 3.06 bits per heavy atom. The van der Waals surface area contributed by atoms with Gasteiger partial charge in [-0.15, -0.1) is 0 Å². The molecular formula is C9H10N6OS. The molecule has 2 aromatic heterocycles. The summed E-state index contributed by atoms with van der Waals surface area (Å²) in [6.45, 7) is 0. The van der Waals surface area contributed by atoms with E-state index in [0.717, 1.165) is 0 Å². The lowest BCUT2D eigenvalue weighted by molar-refractivity contribution is 0.391. The van der Waals surface area contributed by atoms with Crippen LogP contribution in [0.2, 0.25) is 0 Å². The second kappa shape index (κ2) is 5.30. The fourth-order valence-corrected chi connectivity index (χ4v) is 1.55. The molecule has 0 amide bonds. The molecule has 2 rings (SSSR count). The van der Waals surface area contributed by atoms with Gasteiger partial charge in [-0.2, -0.15) is 10.1 Å². The highest BCUT2D eigenvalue weighted by molar-refractivity contribution is 8.13. The first-order chi connectivity index (χ1) is 8.29. The first-order valence-corrected chi connectivity index (χ1v) is 5.68. The van der Waals surface area contributed by atoms with Gasteiger partial charge in [0.1, 0.15) is 5.69 Å². The third-order valence-corrected chi connectivity index (χ3v) is 2.63. The molecule has 0 aromatic carbocycles. The largest absolute Gasteiger partial charge is 0.377 e. The van der Waals surface area contributed by atoms with Gasteiger partial charge in [-0.25, -0.2) is 0 Å². The van der Waals surface area contributed by atoms with E-state index in [2.05, 4.69) is 20.2 Å². The van der Waals surface area contributed by atoms with Crippen molar-refractivity contribution < 1.29 is 4.52 Å². The van der Waals surface area contributed by atoms with E-state index in [4.69, 9.17) is 16.1 Å². The molecule has 0 unspecified atom stereocenters. The Labute approximate surface area is 101 Å². The van der Waals surface area contributed by atoms with Crippen LogP contribution in [-0.2, 0) is 5.75 Å². The van der Waals surface area contributed by atoms with Crippen LogP contribution in [-0.4, -0.2) is 20.3 Å². The van der Waals surface area contributed by atoms with Crippen LogP contribution in [0.5, 0.6) is 0 Å². The van der Waals surface area contributed by atoms with Gasteiger partial charge in [0.2, 0.25) is 11.7 Å². The zero-order valence-corrected chi connectivity index (χ0v) is 9.59. The smallest absolute Gasteiger partial charge is 0.237 e. The predicted molar refractivity (Wildman–Crippen MR) is 64.6 cm³/mol. The molecule has 0 radical (unpaired) electrons. The van der Waals surface area contributed by atoms with Crippen molar-refractivity contribution in [3.63, 3.8) is 0 Å². The van der Waals surface area contributed by atoms with E-state index in [-0.39, 0.29) is 5.17 Å². The zero-order chi connectivity index (χ0) is 12.1. The van der Waals surface area contributed by atoms with Crippen molar-refractivity contribution in [1.29, 1.82) is 0 Å². The normalized spacial score (nSPS) is 11.6. The molecule has 0 aliphatic carbocycles. The van der Waals surface area contributed by atoms with Crippen molar-refractivity contribution in [2.75, 3.05) is 0 Å². The van der Waals surface area contributed by atoms with Crippen LogP contribution >= 0.6 is 11.8 Å². The molecule has 7 nitrogen and oxygen atoms in total. The molecule has 88 valence electrons. The Morgan fingerprint density at radius 2 is 2.35 bits per heavy atom. The monoisotopic (exact) mass is 250 g/mol. The van der Waals surface area contributed by atoms with E-state index in [9.17, 15) is 0 Å². The van der Waals surface area contributed by atoms with Gasteiger partial charge in [-0.05, 0) is 12.1 Å². The molecular weight excluding hydrogens is 240 g/mol. The molecule has 0 aliphatic heterocycles. The summed E-state index contributed by atoms with van der Waals surface area (Å²) in [7, 11) is 0. The summed E-state index contributed by atoms with van der Waals surface area (Å²) in [5.74, 6) is 6.32. The molecule has 0 bridgehead atoms. The Balaban J connectivity index is 2.06. The van der Waals surface area contributed by atoms with Crippen molar-refractivity contribution in [2.24, 2.45) is 16.7 Å². The van der Waals surface area contributed by atoms with Crippen molar-refractivity contribution in [1.82, 2.24) is 15.1 Å². The Bertz CT molecular complexity index is 511. The van der Waals surface area contributed by atoms with Crippen LogP contribution in [0.15, 0.2) is 34.0 Å². The summed E-state index contributed by atoms with van der Waals surface area (Å²) in [5.41, 5.74) is 6.08. The van der Waals surface area contributed by atoms with E-state index in [1.54, 1.807) is 12.3 Å². The SMILES string of the molecule is NN=C(N)SCc1nc(-c2ccccn2)no1. The lowest BCUT2D eigenvalue weighted by Crippen LogP contribution is -2.09. The maximum atomic E-state index is 5.42. The summed E-state index contributed by atoms with van der Waals surface area (Å²) >= 11 is 1.22. The minimum atomic E-state index is 0.266. The van der Waals surface area contributed by atoms with Gasteiger partial charge in [0.25, 0.3) is 0 Å². The molecule has 0 aliphatic rings. The molecule has 0 atom stereocenters. The molecule has 8 heteroatoms. The number of hydrazone groups is 1. The highest BCUT2D eigenvalue weighted by Crippen LogP contribution is 2.15. The maximum Gasteiger partial charge on any atom is 0.237 e. The number of hydrogen-bond donors (Lipinski definition) is 2. The minimum Gasteiger partial charge on any atom is -0.377 e. The van der Waals surface area contributed by atoms with E-state index in [1.165, 1.54) is 11.8 Å². The summed E-state index contributed by atoms with van der Waals surface area (Å²) < 4.78 is 5.04. The maximum absolute atomic E-state index is 5.42. The highest BCUT2D eigenvalue weighted by atomic mass is 32.2. The number of hydrogen-bond acceptors (Lipinski definition) is 7. The Morgan fingerprint density at radius 1 is 1.47 bits per heavy atom. The second-order valence-electron chi connectivity index (χ2n) is 2.98. The Hall–Kier alpha value is -2.09. The van der Waals surface area contributed by atoms with Crippen LogP contribution in [0.3, 0.4) is 0 Å². The average Bonchev–Trinajstić information content (AvgIpc) is 2.86. The first kappa shape index (κ1) is 11.4. The van der Waals surface area contributed by atoms with Crippen LogP contribution < -0.4 is 11.6 Å². The number of aromatic nitrogens is 3. The lowest BCUT2D eigenvalue weighted by atomic mass is 10.3. The van der Waals surface area contributed by atoms with Crippen molar-refractivity contribution in [2.45, 2.75) is 5.75 Å². The van der Waals surface area contributed by atoms with Crippen LogP contribution in [0.25, 0.3) is 11.5 Å². The molecule has 0 fully saturated rings. The number of thioether (sulfide) groups is 1. The number of pyridine rings is 1. The summed E-state index contributed by atoms with van der Waals surface area (Å²) in [6, 6.07) is 5.47. The van der Waals surface area contributed by atoms with Gasteiger partial charge in [-0.3, -0.25) is 4.98 Å². The lowest BCUT2D eigenvalue weighted by Gasteiger charge is -1.93. The molecule has 0 saturated heterocycles. The third-order valence-electron chi connectivity index (χ3n) is 1.83. The number of amidine groups is 1. The summed E-state index contributed by atoms with van der Waals surface area (Å²) in [6.07, 6.45) is 1.67. The van der Waals surface area contributed by atoms with Gasteiger partial charge >= 0.3 is 0 Å². The summed E-state index contributed by atoms with van der Waals surface area (Å²) in [5, 5.41) is 7.41. The van der Waals surface area contributed by atoms with Crippen LogP contribution in [0, 0.1) is 0 Å². The fraction of sp³-hybridized carbons (Fsp3) is 0.111. The van der Waals surface area contributed by atoms with Gasteiger partial charge < -0.3 is 16.1 Å². The van der Waals surface area contributed by atoms with Crippen molar-refractivity contribution >= 4 is 16.9 Å². The second-order valence-corrected chi connectivity index (χ2v) is 3.98. The van der Waals surface area contributed by atoms with Gasteiger partial charge in [0, 0.05) is 6.20 Å². The average molecular weight is 250 g/mol. The minimum absolute atomic E-state index is 0.266. The molecule has 4 N–H and O–H groups in total.